The van der Waals surface area contributed by atoms with Crippen LogP contribution in [-0.4, -0.2) is 48.2 Å². The first kappa shape index (κ1) is 14.5. The summed E-state index contributed by atoms with van der Waals surface area (Å²) in [6.07, 6.45) is 1.88. The van der Waals surface area contributed by atoms with Gasteiger partial charge in [0, 0.05) is 13.1 Å². The molecule has 2 rings (SSSR count). The molecule has 1 aromatic carbocycles. The molecule has 5 heteroatoms. The lowest BCUT2D eigenvalue weighted by Crippen LogP contribution is -2.40. The molecule has 0 spiro atoms. The second-order valence-electron chi connectivity index (χ2n) is 4.95. The fourth-order valence-electron chi connectivity index (χ4n) is 2.50. The van der Waals surface area contributed by atoms with Gasteiger partial charge in [0.2, 0.25) is 5.91 Å². The lowest BCUT2D eigenvalue weighted by molar-refractivity contribution is -0.146. The van der Waals surface area contributed by atoms with Crippen molar-refractivity contribution < 1.29 is 19.4 Å². The first-order valence-corrected chi connectivity index (χ1v) is 6.79. The Bertz CT molecular complexity index is 452. The second kappa shape index (κ2) is 7.05. The third-order valence-corrected chi connectivity index (χ3v) is 3.57. The van der Waals surface area contributed by atoms with E-state index < -0.39 is 12.6 Å². The number of hydrogen-bond acceptors (Lipinski definition) is 3. The minimum absolute atomic E-state index is 0.127. The molecule has 0 aromatic heterocycles. The monoisotopic (exact) mass is 277 g/mol. The van der Waals surface area contributed by atoms with Crippen LogP contribution >= 0.6 is 0 Å². The predicted molar refractivity (Wildman–Crippen MR) is 73.5 cm³/mol. The van der Waals surface area contributed by atoms with Crippen LogP contribution in [0, 0.1) is 0 Å². The molecule has 1 aromatic rings. The van der Waals surface area contributed by atoms with E-state index in [0.717, 1.165) is 12.8 Å². The molecule has 0 aliphatic carbocycles. The van der Waals surface area contributed by atoms with Crippen LogP contribution in [0.2, 0.25) is 0 Å². The maximum Gasteiger partial charge on any atom is 0.329 e. The number of carboxylic acid groups (broad SMARTS) is 1. The number of carbonyl (C=O) groups is 2. The Labute approximate surface area is 118 Å². The molecule has 108 valence electrons. The summed E-state index contributed by atoms with van der Waals surface area (Å²) in [5, 5.41) is 8.45. The van der Waals surface area contributed by atoms with Crippen molar-refractivity contribution in [2.75, 3.05) is 26.3 Å². The standard InChI is InChI=1S/C15H19NO4/c17-14(10-20-11-15(18)19)16-8-6-13(7-9-16)12-4-2-1-3-5-12/h1-5,13H,6-11H2,(H,18,19). The Hall–Kier alpha value is -1.88. The van der Waals surface area contributed by atoms with E-state index in [1.54, 1.807) is 4.90 Å². The topological polar surface area (TPSA) is 66.8 Å². The van der Waals surface area contributed by atoms with Crippen LogP contribution in [0.4, 0.5) is 0 Å². The number of rotatable bonds is 5. The smallest absolute Gasteiger partial charge is 0.329 e. The normalized spacial score (nSPS) is 16.1. The molecule has 20 heavy (non-hydrogen) atoms. The van der Waals surface area contributed by atoms with Gasteiger partial charge < -0.3 is 14.7 Å². The van der Waals surface area contributed by atoms with Gasteiger partial charge in [-0.2, -0.15) is 0 Å². The van der Waals surface area contributed by atoms with E-state index in [1.807, 2.05) is 18.2 Å². The molecule has 1 N–H and O–H groups in total. The molecule has 0 atom stereocenters. The lowest BCUT2D eigenvalue weighted by Gasteiger charge is -2.32. The quantitative estimate of drug-likeness (QED) is 0.885. The van der Waals surface area contributed by atoms with E-state index in [0.29, 0.717) is 19.0 Å². The summed E-state index contributed by atoms with van der Waals surface area (Å²) in [5.74, 6) is -0.682. The highest BCUT2D eigenvalue weighted by Crippen LogP contribution is 2.27. The molecular weight excluding hydrogens is 258 g/mol. The van der Waals surface area contributed by atoms with Crippen molar-refractivity contribution in [3.8, 4) is 0 Å². The molecular formula is C15H19NO4. The molecule has 1 fully saturated rings. The number of aliphatic carboxylic acids is 1. The first-order chi connectivity index (χ1) is 9.66. The minimum atomic E-state index is -1.06. The molecule has 1 aliphatic heterocycles. The van der Waals surface area contributed by atoms with Crippen molar-refractivity contribution in [3.05, 3.63) is 35.9 Å². The van der Waals surface area contributed by atoms with Gasteiger partial charge in [-0.3, -0.25) is 4.79 Å². The zero-order chi connectivity index (χ0) is 14.4. The third-order valence-electron chi connectivity index (χ3n) is 3.57. The summed E-state index contributed by atoms with van der Waals surface area (Å²) in [7, 11) is 0. The van der Waals surface area contributed by atoms with Crippen LogP contribution in [-0.2, 0) is 14.3 Å². The van der Waals surface area contributed by atoms with E-state index in [9.17, 15) is 9.59 Å². The van der Waals surface area contributed by atoms with Gasteiger partial charge in [-0.15, -0.1) is 0 Å². The van der Waals surface area contributed by atoms with Gasteiger partial charge in [0.15, 0.2) is 0 Å². The highest BCUT2D eigenvalue weighted by Gasteiger charge is 2.23. The number of benzene rings is 1. The molecule has 0 bridgehead atoms. The zero-order valence-corrected chi connectivity index (χ0v) is 11.3. The van der Waals surface area contributed by atoms with E-state index >= 15 is 0 Å². The molecule has 5 nitrogen and oxygen atoms in total. The highest BCUT2D eigenvalue weighted by atomic mass is 16.5. The minimum Gasteiger partial charge on any atom is -0.480 e. The first-order valence-electron chi connectivity index (χ1n) is 6.79. The molecule has 0 unspecified atom stereocenters. The van der Waals surface area contributed by atoms with Gasteiger partial charge >= 0.3 is 5.97 Å². The number of amides is 1. The Balaban J connectivity index is 1.76. The fourth-order valence-corrected chi connectivity index (χ4v) is 2.50. The van der Waals surface area contributed by atoms with Crippen molar-refractivity contribution in [3.63, 3.8) is 0 Å². The molecule has 1 saturated heterocycles. The maximum atomic E-state index is 11.8. The largest absolute Gasteiger partial charge is 0.480 e. The summed E-state index contributed by atoms with van der Waals surface area (Å²) in [6, 6.07) is 10.3. The zero-order valence-electron chi connectivity index (χ0n) is 11.3. The lowest BCUT2D eigenvalue weighted by atomic mass is 9.89. The summed E-state index contributed by atoms with van der Waals surface area (Å²) in [6.45, 7) is 0.832. The molecule has 0 saturated carbocycles. The second-order valence-corrected chi connectivity index (χ2v) is 4.95. The van der Waals surface area contributed by atoms with Crippen molar-refractivity contribution in [1.82, 2.24) is 4.90 Å². The number of nitrogens with zero attached hydrogens (tertiary/aromatic N) is 1. The summed E-state index contributed by atoms with van der Waals surface area (Å²) in [4.78, 5) is 23.9. The van der Waals surface area contributed by atoms with E-state index in [-0.39, 0.29) is 12.5 Å². The van der Waals surface area contributed by atoms with Gasteiger partial charge in [0.05, 0.1) is 0 Å². The van der Waals surface area contributed by atoms with Crippen LogP contribution in [0.15, 0.2) is 30.3 Å². The predicted octanol–water partition coefficient (Wildman–Crippen LogP) is 1.49. The number of carbonyl (C=O) groups excluding carboxylic acids is 1. The Morgan fingerprint density at radius 2 is 1.80 bits per heavy atom. The average Bonchev–Trinajstić information content (AvgIpc) is 2.48. The van der Waals surface area contributed by atoms with Crippen LogP contribution < -0.4 is 0 Å². The van der Waals surface area contributed by atoms with Crippen molar-refractivity contribution in [1.29, 1.82) is 0 Å². The number of ether oxygens (including phenoxy) is 1. The molecule has 1 heterocycles. The van der Waals surface area contributed by atoms with E-state index in [1.165, 1.54) is 5.56 Å². The van der Waals surface area contributed by atoms with Gasteiger partial charge in [0.25, 0.3) is 0 Å². The van der Waals surface area contributed by atoms with Crippen LogP contribution in [0.25, 0.3) is 0 Å². The van der Waals surface area contributed by atoms with Crippen molar-refractivity contribution in [2.45, 2.75) is 18.8 Å². The molecule has 1 amide bonds. The van der Waals surface area contributed by atoms with Crippen LogP contribution in [0.5, 0.6) is 0 Å². The number of piperidine rings is 1. The van der Waals surface area contributed by atoms with Gasteiger partial charge in [-0.25, -0.2) is 4.79 Å². The summed E-state index contributed by atoms with van der Waals surface area (Å²) < 4.78 is 4.83. The maximum absolute atomic E-state index is 11.8. The van der Waals surface area contributed by atoms with Gasteiger partial charge in [-0.1, -0.05) is 30.3 Å². The van der Waals surface area contributed by atoms with Gasteiger partial charge in [0.1, 0.15) is 13.2 Å². The average molecular weight is 277 g/mol. The van der Waals surface area contributed by atoms with Crippen LogP contribution in [0.1, 0.15) is 24.3 Å². The highest BCUT2D eigenvalue weighted by molar-refractivity contribution is 5.78. The SMILES string of the molecule is O=C(O)COCC(=O)N1CCC(c2ccccc2)CC1. The van der Waals surface area contributed by atoms with E-state index in [2.05, 4.69) is 12.1 Å². The third kappa shape index (κ3) is 4.06. The summed E-state index contributed by atoms with van der Waals surface area (Å²) >= 11 is 0. The van der Waals surface area contributed by atoms with Gasteiger partial charge in [-0.05, 0) is 24.3 Å². The summed E-state index contributed by atoms with van der Waals surface area (Å²) in [5.41, 5.74) is 1.32. The van der Waals surface area contributed by atoms with Crippen LogP contribution in [0.3, 0.4) is 0 Å². The number of carboxylic acids is 1. The van der Waals surface area contributed by atoms with Crippen molar-refractivity contribution in [2.24, 2.45) is 0 Å². The fraction of sp³-hybridized carbons (Fsp3) is 0.467. The number of likely N-dealkylation sites (tertiary alicyclic amines) is 1. The molecule has 1 aliphatic rings. The Morgan fingerprint density at radius 1 is 1.15 bits per heavy atom. The Kier molecular flexibility index (Phi) is 5.12. The molecule has 0 radical (unpaired) electrons. The van der Waals surface area contributed by atoms with E-state index in [4.69, 9.17) is 9.84 Å². The van der Waals surface area contributed by atoms with Crippen molar-refractivity contribution >= 4 is 11.9 Å². The number of hydrogen-bond donors (Lipinski definition) is 1. The Morgan fingerprint density at radius 3 is 2.40 bits per heavy atom.